The van der Waals surface area contributed by atoms with Gasteiger partial charge in [-0.05, 0) is 34.1 Å². The standard InChI is InChI=1S/C11H13BrN2O2S/c1-16-10(15)4-5-14-7-2-3-8(11(13)17)9(12)6-7/h2-3,6,14H,4-5H2,1H3,(H2,13,17). The van der Waals surface area contributed by atoms with Gasteiger partial charge in [0.05, 0.1) is 13.5 Å². The van der Waals surface area contributed by atoms with E-state index in [-0.39, 0.29) is 5.97 Å². The number of nitrogens with two attached hydrogens (primary N) is 1. The van der Waals surface area contributed by atoms with Crippen molar-refractivity contribution < 1.29 is 9.53 Å². The van der Waals surface area contributed by atoms with Crippen LogP contribution in [0.15, 0.2) is 22.7 Å². The molecule has 0 unspecified atom stereocenters. The van der Waals surface area contributed by atoms with Crippen molar-refractivity contribution in [3.63, 3.8) is 0 Å². The Hall–Kier alpha value is -1.14. The molecule has 0 amide bonds. The third-order valence-corrected chi connectivity index (χ3v) is 3.00. The minimum absolute atomic E-state index is 0.240. The lowest BCUT2D eigenvalue weighted by Gasteiger charge is -2.08. The van der Waals surface area contributed by atoms with Gasteiger partial charge in [0.1, 0.15) is 4.99 Å². The highest BCUT2D eigenvalue weighted by atomic mass is 79.9. The topological polar surface area (TPSA) is 64.3 Å². The van der Waals surface area contributed by atoms with Crippen molar-refractivity contribution in [1.82, 2.24) is 0 Å². The second-order valence-electron chi connectivity index (χ2n) is 3.31. The van der Waals surface area contributed by atoms with Gasteiger partial charge >= 0.3 is 5.97 Å². The highest BCUT2D eigenvalue weighted by molar-refractivity contribution is 9.10. The number of ether oxygens (including phenoxy) is 1. The Morgan fingerprint density at radius 2 is 2.29 bits per heavy atom. The van der Waals surface area contributed by atoms with E-state index in [2.05, 4.69) is 26.0 Å². The van der Waals surface area contributed by atoms with Crippen molar-refractivity contribution in [2.24, 2.45) is 5.73 Å². The van der Waals surface area contributed by atoms with Gasteiger partial charge in [0.25, 0.3) is 0 Å². The summed E-state index contributed by atoms with van der Waals surface area (Å²) in [6, 6.07) is 5.55. The molecular formula is C11H13BrN2O2S. The molecule has 0 atom stereocenters. The molecule has 0 saturated heterocycles. The van der Waals surface area contributed by atoms with E-state index in [0.717, 1.165) is 15.7 Å². The van der Waals surface area contributed by atoms with Gasteiger partial charge in [0, 0.05) is 22.3 Å². The second kappa shape index (κ2) is 6.56. The van der Waals surface area contributed by atoms with Crippen molar-refractivity contribution in [2.75, 3.05) is 19.0 Å². The number of carbonyl (C=O) groups is 1. The van der Waals surface area contributed by atoms with E-state index < -0.39 is 0 Å². The van der Waals surface area contributed by atoms with Crippen LogP contribution in [0.3, 0.4) is 0 Å². The van der Waals surface area contributed by atoms with Gasteiger partial charge in [-0.25, -0.2) is 0 Å². The van der Waals surface area contributed by atoms with Crippen LogP contribution < -0.4 is 11.1 Å². The molecule has 1 rings (SSSR count). The van der Waals surface area contributed by atoms with Crippen LogP contribution in [-0.4, -0.2) is 24.6 Å². The molecule has 0 saturated carbocycles. The zero-order valence-electron chi connectivity index (χ0n) is 9.33. The van der Waals surface area contributed by atoms with Crippen molar-refractivity contribution in [3.8, 4) is 0 Å². The van der Waals surface area contributed by atoms with Gasteiger partial charge in [-0.2, -0.15) is 0 Å². The van der Waals surface area contributed by atoms with E-state index in [1.165, 1.54) is 7.11 Å². The van der Waals surface area contributed by atoms with Gasteiger partial charge < -0.3 is 15.8 Å². The Morgan fingerprint density at radius 1 is 1.59 bits per heavy atom. The van der Waals surface area contributed by atoms with Crippen LogP contribution >= 0.6 is 28.1 Å². The van der Waals surface area contributed by atoms with E-state index in [4.69, 9.17) is 18.0 Å². The molecular weight excluding hydrogens is 304 g/mol. The monoisotopic (exact) mass is 316 g/mol. The summed E-state index contributed by atoms with van der Waals surface area (Å²) in [5, 5.41) is 3.10. The average molecular weight is 317 g/mol. The predicted octanol–water partition coefficient (Wildman–Crippen LogP) is 2.06. The first-order valence-electron chi connectivity index (χ1n) is 4.94. The number of esters is 1. The van der Waals surface area contributed by atoms with Crippen LogP contribution in [0.1, 0.15) is 12.0 Å². The first-order valence-corrected chi connectivity index (χ1v) is 6.14. The van der Waals surface area contributed by atoms with Crippen LogP contribution in [0.2, 0.25) is 0 Å². The average Bonchev–Trinajstić information content (AvgIpc) is 2.28. The van der Waals surface area contributed by atoms with Crippen LogP contribution in [0.5, 0.6) is 0 Å². The summed E-state index contributed by atoms with van der Waals surface area (Å²) in [6.07, 6.45) is 0.325. The normalized spacial score (nSPS) is 9.76. The summed E-state index contributed by atoms with van der Waals surface area (Å²) in [5.41, 5.74) is 7.22. The Bertz CT molecular complexity index is 437. The molecule has 0 aromatic heterocycles. The fourth-order valence-electron chi connectivity index (χ4n) is 1.24. The quantitative estimate of drug-likeness (QED) is 0.643. The second-order valence-corrected chi connectivity index (χ2v) is 4.61. The molecule has 0 bridgehead atoms. The molecule has 1 aromatic carbocycles. The molecule has 0 spiro atoms. The maximum absolute atomic E-state index is 10.9. The molecule has 17 heavy (non-hydrogen) atoms. The number of benzene rings is 1. The van der Waals surface area contributed by atoms with Gasteiger partial charge in [0.15, 0.2) is 0 Å². The molecule has 92 valence electrons. The minimum atomic E-state index is -0.240. The molecule has 4 nitrogen and oxygen atoms in total. The number of nitrogens with one attached hydrogen (secondary N) is 1. The Balaban J connectivity index is 2.59. The number of anilines is 1. The van der Waals surface area contributed by atoms with Crippen molar-refractivity contribution in [3.05, 3.63) is 28.2 Å². The number of hydrogen-bond donors (Lipinski definition) is 2. The lowest BCUT2D eigenvalue weighted by molar-refractivity contribution is -0.140. The summed E-state index contributed by atoms with van der Waals surface area (Å²) in [5.74, 6) is -0.240. The van der Waals surface area contributed by atoms with E-state index >= 15 is 0 Å². The molecule has 0 radical (unpaired) electrons. The van der Waals surface area contributed by atoms with Crippen molar-refractivity contribution in [1.29, 1.82) is 0 Å². The Labute approximate surface area is 114 Å². The molecule has 0 fully saturated rings. The summed E-state index contributed by atoms with van der Waals surface area (Å²) in [4.78, 5) is 11.3. The van der Waals surface area contributed by atoms with Gasteiger partial charge in [-0.3, -0.25) is 4.79 Å². The highest BCUT2D eigenvalue weighted by Crippen LogP contribution is 2.21. The van der Waals surface area contributed by atoms with Crippen LogP contribution in [0.4, 0.5) is 5.69 Å². The first kappa shape index (κ1) is 13.9. The molecule has 0 aliphatic rings. The van der Waals surface area contributed by atoms with Crippen molar-refractivity contribution >= 4 is 44.8 Å². The molecule has 6 heteroatoms. The van der Waals surface area contributed by atoms with E-state index in [9.17, 15) is 4.79 Å². The zero-order valence-corrected chi connectivity index (χ0v) is 11.7. The fraction of sp³-hybridized carbons (Fsp3) is 0.273. The van der Waals surface area contributed by atoms with E-state index in [0.29, 0.717) is 18.0 Å². The number of carbonyl (C=O) groups excluding carboxylic acids is 1. The van der Waals surface area contributed by atoms with E-state index in [1.807, 2.05) is 18.2 Å². The highest BCUT2D eigenvalue weighted by Gasteiger charge is 2.04. The number of methoxy groups -OCH3 is 1. The SMILES string of the molecule is COC(=O)CCNc1ccc(C(N)=S)c(Br)c1. The van der Waals surface area contributed by atoms with E-state index in [1.54, 1.807) is 0 Å². The van der Waals surface area contributed by atoms with Crippen molar-refractivity contribution in [2.45, 2.75) is 6.42 Å². The molecule has 0 heterocycles. The summed E-state index contributed by atoms with van der Waals surface area (Å²) >= 11 is 8.28. The summed E-state index contributed by atoms with van der Waals surface area (Å²) in [7, 11) is 1.37. The molecule has 0 aliphatic carbocycles. The first-order chi connectivity index (χ1) is 8.04. The maximum atomic E-state index is 10.9. The van der Waals surface area contributed by atoms with Gasteiger partial charge in [-0.15, -0.1) is 0 Å². The Kier molecular flexibility index (Phi) is 5.37. The lowest BCUT2D eigenvalue weighted by Crippen LogP contribution is -2.12. The van der Waals surface area contributed by atoms with Crippen LogP contribution in [0, 0.1) is 0 Å². The van der Waals surface area contributed by atoms with Gasteiger partial charge in [0.2, 0.25) is 0 Å². The number of rotatable bonds is 5. The summed E-state index contributed by atoms with van der Waals surface area (Å²) in [6.45, 7) is 0.519. The minimum Gasteiger partial charge on any atom is -0.469 e. The third-order valence-electron chi connectivity index (χ3n) is 2.12. The lowest BCUT2D eigenvalue weighted by atomic mass is 10.2. The number of hydrogen-bond acceptors (Lipinski definition) is 4. The zero-order chi connectivity index (χ0) is 12.8. The van der Waals surface area contributed by atoms with Crippen LogP contribution in [0.25, 0.3) is 0 Å². The smallest absolute Gasteiger partial charge is 0.307 e. The molecule has 0 aliphatic heterocycles. The fourth-order valence-corrected chi connectivity index (χ4v) is 2.14. The molecule has 1 aromatic rings. The predicted molar refractivity (Wildman–Crippen MR) is 75.2 cm³/mol. The van der Waals surface area contributed by atoms with Crippen LogP contribution in [-0.2, 0) is 9.53 Å². The van der Waals surface area contributed by atoms with Gasteiger partial charge in [-0.1, -0.05) is 12.2 Å². The maximum Gasteiger partial charge on any atom is 0.307 e. The summed E-state index contributed by atoms with van der Waals surface area (Å²) < 4.78 is 5.37. The third kappa shape index (κ3) is 4.32. The Morgan fingerprint density at radius 3 is 2.82 bits per heavy atom. The molecule has 3 N–H and O–H groups in total. The largest absolute Gasteiger partial charge is 0.469 e. The number of halogens is 1. The number of thiocarbonyl (C=S) groups is 1.